The van der Waals surface area contributed by atoms with E-state index in [2.05, 4.69) is 14.9 Å². The Morgan fingerprint density at radius 3 is 2.76 bits per heavy atom. The smallest absolute Gasteiger partial charge is 0.332 e. The van der Waals surface area contributed by atoms with Gasteiger partial charge in [0.2, 0.25) is 10.0 Å². The van der Waals surface area contributed by atoms with Crippen LogP contribution in [0.25, 0.3) is 0 Å². The molecule has 0 aliphatic heterocycles. The number of aromatic amines is 1. The van der Waals surface area contributed by atoms with Crippen molar-refractivity contribution in [1.82, 2.24) is 14.9 Å². The summed E-state index contributed by atoms with van der Waals surface area (Å²) in [5, 5.41) is 23.4. The summed E-state index contributed by atoms with van der Waals surface area (Å²) >= 11 is 0. The molecule has 96 valence electrons. The van der Waals surface area contributed by atoms with Crippen LogP contribution in [0, 0.1) is 6.92 Å². The third kappa shape index (κ3) is 3.51. The molecule has 0 aliphatic rings. The van der Waals surface area contributed by atoms with Crippen molar-refractivity contribution in [2.24, 2.45) is 0 Å². The molecule has 0 bridgehead atoms. The summed E-state index contributed by atoms with van der Waals surface area (Å²) < 4.78 is 25.5. The minimum Gasteiger partial charge on any atom is -0.479 e. The fourth-order valence-electron chi connectivity index (χ4n) is 1.14. The number of nitrogens with zero attached hydrogens (tertiary/aromatic N) is 1. The fourth-order valence-corrected chi connectivity index (χ4v) is 2.32. The number of H-pyrrole nitrogens is 1. The van der Waals surface area contributed by atoms with E-state index in [1.54, 1.807) is 6.92 Å². The number of aliphatic hydroxyl groups excluding tert-OH is 1. The Kier molecular flexibility index (Phi) is 4.21. The highest BCUT2D eigenvalue weighted by Gasteiger charge is 2.19. The lowest BCUT2D eigenvalue weighted by molar-refractivity contribution is -0.146. The molecule has 1 heterocycles. The molecule has 0 radical (unpaired) electrons. The molecule has 0 amide bonds. The van der Waals surface area contributed by atoms with E-state index in [9.17, 15) is 13.2 Å². The molecule has 1 rings (SSSR count). The first-order chi connectivity index (χ1) is 7.84. The van der Waals surface area contributed by atoms with E-state index >= 15 is 0 Å². The molecule has 4 N–H and O–H groups in total. The Bertz CT molecular complexity index is 495. The zero-order valence-electron chi connectivity index (χ0n) is 9.04. The summed E-state index contributed by atoms with van der Waals surface area (Å²) in [4.78, 5) is 10.3. The minimum absolute atomic E-state index is 0.00214. The van der Waals surface area contributed by atoms with E-state index in [4.69, 9.17) is 10.2 Å². The average Bonchev–Trinajstić information content (AvgIpc) is 2.64. The van der Waals surface area contributed by atoms with Crippen LogP contribution in [-0.4, -0.2) is 47.4 Å². The molecule has 0 aromatic carbocycles. The van der Waals surface area contributed by atoms with E-state index < -0.39 is 22.1 Å². The molecule has 1 aromatic rings. The largest absolute Gasteiger partial charge is 0.479 e. The standard InChI is InChI=1S/C8H13N3O5S/c1-5-7(4-9-11-5)17(15,16)10-3-2-6(12)8(13)14/h4,6,10,12H,2-3H2,1H3,(H,9,11)(H,13,14). The highest BCUT2D eigenvalue weighted by molar-refractivity contribution is 7.89. The summed E-state index contributed by atoms with van der Waals surface area (Å²) in [5.41, 5.74) is 0.385. The van der Waals surface area contributed by atoms with Crippen LogP contribution in [0.3, 0.4) is 0 Å². The van der Waals surface area contributed by atoms with Crippen LogP contribution in [0.5, 0.6) is 0 Å². The SMILES string of the molecule is Cc1[nH]ncc1S(=O)(=O)NCCC(O)C(=O)O. The van der Waals surface area contributed by atoms with E-state index in [0.29, 0.717) is 5.69 Å². The molecule has 1 atom stereocenters. The predicted molar refractivity (Wildman–Crippen MR) is 56.8 cm³/mol. The van der Waals surface area contributed by atoms with Crippen molar-refractivity contribution in [2.45, 2.75) is 24.3 Å². The van der Waals surface area contributed by atoms with Crippen molar-refractivity contribution in [3.63, 3.8) is 0 Å². The van der Waals surface area contributed by atoms with Crippen LogP contribution in [0.1, 0.15) is 12.1 Å². The van der Waals surface area contributed by atoms with Crippen LogP contribution in [0.2, 0.25) is 0 Å². The van der Waals surface area contributed by atoms with Crippen molar-refractivity contribution in [2.75, 3.05) is 6.54 Å². The molecule has 8 nitrogen and oxygen atoms in total. The third-order valence-electron chi connectivity index (χ3n) is 2.07. The third-order valence-corrected chi connectivity index (χ3v) is 3.64. The molecule has 0 fully saturated rings. The Morgan fingerprint density at radius 2 is 2.29 bits per heavy atom. The van der Waals surface area contributed by atoms with Crippen molar-refractivity contribution in [3.8, 4) is 0 Å². The second-order valence-electron chi connectivity index (χ2n) is 3.40. The van der Waals surface area contributed by atoms with Crippen LogP contribution in [-0.2, 0) is 14.8 Å². The minimum atomic E-state index is -3.72. The lowest BCUT2D eigenvalue weighted by Crippen LogP contribution is -2.30. The first-order valence-electron chi connectivity index (χ1n) is 4.75. The zero-order chi connectivity index (χ0) is 13.1. The second-order valence-corrected chi connectivity index (χ2v) is 5.14. The van der Waals surface area contributed by atoms with Crippen molar-refractivity contribution in [1.29, 1.82) is 0 Å². The maximum Gasteiger partial charge on any atom is 0.332 e. The second kappa shape index (κ2) is 5.25. The maximum absolute atomic E-state index is 11.7. The van der Waals surface area contributed by atoms with Gasteiger partial charge in [0.05, 0.1) is 11.9 Å². The van der Waals surface area contributed by atoms with E-state index in [-0.39, 0.29) is 17.9 Å². The van der Waals surface area contributed by atoms with Crippen LogP contribution >= 0.6 is 0 Å². The van der Waals surface area contributed by atoms with E-state index in [1.807, 2.05) is 0 Å². The van der Waals surface area contributed by atoms with Gasteiger partial charge in [0.1, 0.15) is 4.90 Å². The van der Waals surface area contributed by atoms with Gasteiger partial charge in [-0.3, -0.25) is 5.10 Å². The molecule has 0 saturated carbocycles. The molecule has 1 aromatic heterocycles. The molecular weight excluding hydrogens is 250 g/mol. The van der Waals surface area contributed by atoms with E-state index in [0.717, 1.165) is 6.20 Å². The molecule has 1 unspecified atom stereocenters. The molecule has 17 heavy (non-hydrogen) atoms. The summed E-state index contributed by atoms with van der Waals surface area (Å²) in [6.07, 6.45) is -0.625. The fraction of sp³-hybridized carbons (Fsp3) is 0.500. The van der Waals surface area contributed by atoms with Crippen LogP contribution in [0.15, 0.2) is 11.1 Å². The lowest BCUT2D eigenvalue weighted by atomic mass is 10.3. The van der Waals surface area contributed by atoms with Crippen LogP contribution in [0.4, 0.5) is 0 Å². The number of hydrogen-bond donors (Lipinski definition) is 4. The van der Waals surface area contributed by atoms with Gasteiger partial charge in [-0.2, -0.15) is 5.10 Å². The topological polar surface area (TPSA) is 132 Å². The van der Waals surface area contributed by atoms with Crippen molar-refractivity contribution >= 4 is 16.0 Å². The number of nitrogens with one attached hydrogen (secondary N) is 2. The Labute approximate surface area is 97.7 Å². The first kappa shape index (κ1) is 13.6. The summed E-state index contributed by atoms with van der Waals surface area (Å²) in [7, 11) is -3.72. The lowest BCUT2D eigenvalue weighted by Gasteiger charge is -2.07. The number of aromatic nitrogens is 2. The van der Waals surface area contributed by atoms with Gasteiger partial charge in [0.25, 0.3) is 0 Å². The summed E-state index contributed by atoms with van der Waals surface area (Å²) in [5.74, 6) is -1.39. The highest BCUT2D eigenvalue weighted by atomic mass is 32.2. The van der Waals surface area contributed by atoms with Gasteiger partial charge in [-0.1, -0.05) is 0 Å². The molecule has 0 aliphatic carbocycles. The number of aliphatic hydroxyl groups is 1. The number of sulfonamides is 1. The summed E-state index contributed by atoms with van der Waals surface area (Å²) in [6, 6.07) is 0. The number of aliphatic carboxylic acids is 1. The van der Waals surface area contributed by atoms with Crippen LogP contribution < -0.4 is 4.72 Å². The van der Waals surface area contributed by atoms with Gasteiger partial charge in [-0.05, 0) is 13.3 Å². The van der Waals surface area contributed by atoms with Crippen molar-refractivity contribution < 1.29 is 23.4 Å². The highest BCUT2D eigenvalue weighted by Crippen LogP contribution is 2.10. The monoisotopic (exact) mass is 263 g/mol. The van der Waals surface area contributed by atoms with Crippen molar-refractivity contribution in [3.05, 3.63) is 11.9 Å². The van der Waals surface area contributed by atoms with E-state index in [1.165, 1.54) is 0 Å². The van der Waals surface area contributed by atoms with Gasteiger partial charge in [-0.15, -0.1) is 0 Å². The number of carboxylic acids is 1. The molecule has 0 saturated heterocycles. The van der Waals surface area contributed by atoms with Gasteiger partial charge < -0.3 is 10.2 Å². The number of aryl methyl sites for hydroxylation is 1. The normalized spacial score (nSPS) is 13.5. The molecule has 9 heteroatoms. The Balaban J connectivity index is 2.58. The van der Waals surface area contributed by atoms with Gasteiger partial charge in [0.15, 0.2) is 6.10 Å². The quantitative estimate of drug-likeness (QED) is 0.511. The number of rotatable bonds is 6. The summed E-state index contributed by atoms with van der Waals surface area (Å²) in [6.45, 7) is 1.38. The number of hydrogen-bond acceptors (Lipinski definition) is 5. The predicted octanol–water partition coefficient (Wildman–Crippen LogP) is -1.17. The first-order valence-corrected chi connectivity index (χ1v) is 6.23. The average molecular weight is 263 g/mol. The number of carbonyl (C=O) groups is 1. The number of carboxylic acid groups (broad SMARTS) is 1. The Hall–Kier alpha value is -1.45. The van der Waals surface area contributed by atoms with Gasteiger partial charge in [-0.25, -0.2) is 17.9 Å². The molecular formula is C8H13N3O5S. The van der Waals surface area contributed by atoms with Gasteiger partial charge in [0, 0.05) is 6.54 Å². The maximum atomic E-state index is 11.7. The zero-order valence-corrected chi connectivity index (χ0v) is 9.86. The molecule has 0 spiro atoms. The van der Waals surface area contributed by atoms with Gasteiger partial charge >= 0.3 is 5.97 Å². The Morgan fingerprint density at radius 1 is 1.65 bits per heavy atom.